The van der Waals surface area contributed by atoms with E-state index in [0.717, 1.165) is 16.4 Å². The van der Waals surface area contributed by atoms with Crippen LogP contribution in [-0.4, -0.2) is 10.9 Å². The van der Waals surface area contributed by atoms with Crippen LogP contribution in [0.15, 0.2) is 53.9 Å². The Hall–Kier alpha value is -2.37. The summed E-state index contributed by atoms with van der Waals surface area (Å²) in [6.07, 6.45) is 0.259. The molecule has 0 radical (unpaired) electrons. The van der Waals surface area contributed by atoms with E-state index in [0.29, 0.717) is 23.2 Å². The molecule has 1 amide bonds. The van der Waals surface area contributed by atoms with Crippen molar-refractivity contribution in [2.45, 2.75) is 32.7 Å². The van der Waals surface area contributed by atoms with Gasteiger partial charge in [0.25, 0.3) is 0 Å². The fraction of sp³-hybridized carbons (Fsp3) is 0.238. The minimum absolute atomic E-state index is 0.100. The minimum Gasteiger partial charge on any atom is -0.380 e. The SMILES string of the molecule is CC(C)c1nc(CC(=O)Nc2ccc(NCc3ccccc3)c(Cl)c2)cs1. The van der Waals surface area contributed by atoms with Crippen LogP contribution in [0.3, 0.4) is 0 Å². The van der Waals surface area contributed by atoms with Gasteiger partial charge in [0.15, 0.2) is 0 Å². The summed E-state index contributed by atoms with van der Waals surface area (Å²) in [6, 6.07) is 15.6. The van der Waals surface area contributed by atoms with Crippen molar-refractivity contribution in [3.63, 3.8) is 0 Å². The molecule has 0 aliphatic carbocycles. The lowest BCUT2D eigenvalue weighted by molar-refractivity contribution is -0.115. The highest BCUT2D eigenvalue weighted by Crippen LogP contribution is 2.26. The van der Waals surface area contributed by atoms with Gasteiger partial charge in [0.2, 0.25) is 5.91 Å². The predicted molar refractivity (Wildman–Crippen MR) is 114 cm³/mol. The molecule has 6 heteroatoms. The van der Waals surface area contributed by atoms with Gasteiger partial charge in [-0.3, -0.25) is 4.79 Å². The molecule has 0 unspecified atom stereocenters. The number of amides is 1. The van der Waals surface area contributed by atoms with Crippen LogP contribution in [0.5, 0.6) is 0 Å². The van der Waals surface area contributed by atoms with Crippen LogP contribution >= 0.6 is 22.9 Å². The van der Waals surface area contributed by atoms with Crippen LogP contribution in [0.25, 0.3) is 0 Å². The third-order valence-corrected chi connectivity index (χ3v) is 5.49. The lowest BCUT2D eigenvalue weighted by atomic mass is 10.2. The summed E-state index contributed by atoms with van der Waals surface area (Å²) >= 11 is 7.95. The van der Waals surface area contributed by atoms with Gasteiger partial charge in [-0.1, -0.05) is 55.8 Å². The van der Waals surface area contributed by atoms with Gasteiger partial charge < -0.3 is 10.6 Å². The largest absolute Gasteiger partial charge is 0.380 e. The van der Waals surface area contributed by atoms with E-state index < -0.39 is 0 Å². The smallest absolute Gasteiger partial charge is 0.230 e. The zero-order chi connectivity index (χ0) is 19.2. The molecule has 0 aliphatic heterocycles. The number of hydrogen-bond donors (Lipinski definition) is 2. The van der Waals surface area contributed by atoms with Crippen LogP contribution in [0.4, 0.5) is 11.4 Å². The standard InChI is InChI=1S/C21H22ClN3OS/c1-14(2)21-25-17(13-27-21)11-20(26)24-16-8-9-19(18(22)10-16)23-12-15-6-4-3-5-7-15/h3-10,13-14,23H,11-12H2,1-2H3,(H,24,26). The molecule has 0 fully saturated rings. The average molecular weight is 400 g/mol. The normalized spacial score (nSPS) is 10.8. The zero-order valence-electron chi connectivity index (χ0n) is 15.3. The first-order valence-corrected chi connectivity index (χ1v) is 10.1. The summed E-state index contributed by atoms with van der Waals surface area (Å²) in [5.41, 5.74) is 3.48. The molecule has 2 aromatic carbocycles. The second kappa shape index (κ2) is 9.02. The van der Waals surface area contributed by atoms with Gasteiger partial charge in [0, 0.05) is 23.5 Å². The molecule has 140 valence electrons. The maximum Gasteiger partial charge on any atom is 0.230 e. The highest BCUT2D eigenvalue weighted by molar-refractivity contribution is 7.09. The number of thiazole rings is 1. The summed E-state index contributed by atoms with van der Waals surface area (Å²) in [6.45, 7) is 4.88. The maximum atomic E-state index is 12.3. The number of rotatable bonds is 7. The van der Waals surface area contributed by atoms with E-state index in [1.807, 2.05) is 35.7 Å². The third-order valence-electron chi connectivity index (χ3n) is 3.98. The van der Waals surface area contributed by atoms with Crippen molar-refractivity contribution in [1.82, 2.24) is 4.98 Å². The van der Waals surface area contributed by atoms with Gasteiger partial charge in [-0.05, 0) is 23.8 Å². The van der Waals surface area contributed by atoms with Crippen LogP contribution in [0, 0.1) is 0 Å². The molecule has 4 nitrogen and oxygen atoms in total. The number of hydrogen-bond acceptors (Lipinski definition) is 4. The summed E-state index contributed by atoms with van der Waals surface area (Å²) in [7, 11) is 0. The quantitative estimate of drug-likeness (QED) is 0.534. The van der Waals surface area contributed by atoms with E-state index in [2.05, 4.69) is 41.6 Å². The van der Waals surface area contributed by atoms with Gasteiger partial charge in [0.1, 0.15) is 0 Å². The molecule has 0 atom stereocenters. The Morgan fingerprint density at radius 1 is 1.19 bits per heavy atom. The highest BCUT2D eigenvalue weighted by Gasteiger charge is 2.11. The maximum absolute atomic E-state index is 12.3. The predicted octanol–water partition coefficient (Wildman–Crippen LogP) is 5.71. The molecule has 0 bridgehead atoms. The second-order valence-corrected chi connectivity index (χ2v) is 7.89. The van der Waals surface area contributed by atoms with Crippen LogP contribution in [0.2, 0.25) is 5.02 Å². The number of anilines is 2. The summed E-state index contributed by atoms with van der Waals surface area (Å²) in [5.74, 6) is 0.276. The van der Waals surface area contributed by atoms with Crippen LogP contribution in [-0.2, 0) is 17.8 Å². The Balaban J connectivity index is 1.57. The van der Waals surface area contributed by atoms with Gasteiger partial charge in [-0.2, -0.15) is 0 Å². The zero-order valence-corrected chi connectivity index (χ0v) is 16.9. The average Bonchev–Trinajstić information content (AvgIpc) is 3.10. The molecule has 0 saturated heterocycles. The van der Waals surface area contributed by atoms with Crippen molar-refractivity contribution in [1.29, 1.82) is 0 Å². The van der Waals surface area contributed by atoms with Gasteiger partial charge in [-0.25, -0.2) is 4.98 Å². The van der Waals surface area contributed by atoms with Crippen molar-refractivity contribution in [3.8, 4) is 0 Å². The van der Waals surface area contributed by atoms with E-state index >= 15 is 0 Å². The van der Waals surface area contributed by atoms with Gasteiger partial charge >= 0.3 is 0 Å². The molecular weight excluding hydrogens is 378 g/mol. The molecule has 3 aromatic rings. The number of nitrogens with one attached hydrogen (secondary N) is 2. The Morgan fingerprint density at radius 2 is 1.96 bits per heavy atom. The van der Waals surface area contributed by atoms with Crippen molar-refractivity contribution in [2.75, 3.05) is 10.6 Å². The Bertz CT molecular complexity index is 909. The summed E-state index contributed by atoms with van der Waals surface area (Å²) in [5, 5.41) is 9.76. The lowest BCUT2D eigenvalue weighted by Gasteiger charge is -2.11. The summed E-state index contributed by atoms with van der Waals surface area (Å²) in [4.78, 5) is 16.8. The molecule has 1 aromatic heterocycles. The summed E-state index contributed by atoms with van der Waals surface area (Å²) < 4.78 is 0. The molecule has 2 N–H and O–H groups in total. The number of aromatic nitrogens is 1. The lowest BCUT2D eigenvalue weighted by Crippen LogP contribution is -2.14. The van der Waals surface area contributed by atoms with Gasteiger partial charge in [-0.15, -0.1) is 11.3 Å². The molecule has 1 heterocycles. The highest BCUT2D eigenvalue weighted by atomic mass is 35.5. The monoisotopic (exact) mass is 399 g/mol. The molecule has 0 aliphatic rings. The number of benzene rings is 2. The van der Waals surface area contributed by atoms with Crippen LogP contribution < -0.4 is 10.6 Å². The molecule has 3 rings (SSSR count). The number of halogens is 1. The van der Waals surface area contributed by atoms with E-state index in [9.17, 15) is 4.79 Å². The van der Waals surface area contributed by atoms with Crippen molar-refractivity contribution in [2.24, 2.45) is 0 Å². The Kier molecular flexibility index (Phi) is 6.48. The third kappa shape index (κ3) is 5.55. The minimum atomic E-state index is -0.100. The van der Waals surface area contributed by atoms with Crippen LogP contribution in [0.1, 0.15) is 36.0 Å². The van der Waals surface area contributed by atoms with Crippen molar-refractivity contribution in [3.05, 3.63) is 75.2 Å². The molecule has 0 saturated carbocycles. The number of nitrogens with zero attached hydrogens (tertiary/aromatic N) is 1. The molecule has 27 heavy (non-hydrogen) atoms. The van der Waals surface area contributed by atoms with Crippen molar-refractivity contribution >= 4 is 40.2 Å². The number of carbonyl (C=O) groups excluding carboxylic acids is 1. The number of carbonyl (C=O) groups is 1. The molecular formula is C21H22ClN3OS. The topological polar surface area (TPSA) is 54.0 Å². The Morgan fingerprint density at radius 3 is 2.63 bits per heavy atom. The fourth-order valence-corrected chi connectivity index (χ4v) is 3.65. The first-order chi connectivity index (χ1) is 13.0. The fourth-order valence-electron chi connectivity index (χ4n) is 2.57. The van der Waals surface area contributed by atoms with Crippen molar-refractivity contribution < 1.29 is 4.79 Å². The van der Waals surface area contributed by atoms with E-state index in [-0.39, 0.29) is 12.3 Å². The van der Waals surface area contributed by atoms with E-state index in [1.54, 1.807) is 17.4 Å². The molecule has 0 spiro atoms. The Labute approximate surface area is 168 Å². The van der Waals surface area contributed by atoms with E-state index in [4.69, 9.17) is 11.6 Å². The van der Waals surface area contributed by atoms with E-state index in [1.165, 1.54) is 5.56 Å². The second-order valence-electron chi connectivity index (χ2n) is 6.59. The first kappa shape index (κ1) is 19.4. The van der Waals surface area contributed by atoms with Gasteiger partial charge in [0.05, 0.1) is 27.8 Å². The first-order valence-electron chi connectivity index (χ1n) is 8.83.